The van der Waals surface area contributed by atoms with E-state index in [1.165, 1.54) is 24.7 Å². The van der Waals surface area contributed by atoms with Crippen molar-refractivity contribution in [2.45, 2.75) is 25.9 Å². The third-order valence-corrected chi connectivity index (χ3v) is 8.56. The molecule has 0 aliphatic carbocycles. The molecule has 0 bridgehead atoms. The molecule has 8 rings (SSSR count). The van der Waals surface area contributed by atoms with Gasteiger partial charge in [0.25, 0.3) is 0 Å². The van der Waals surface area contributed by atoms with Crippen LogP contribution in [0.15, 0.2) is 107 Å². The summed E-state index contributed by atoms with van der Waals surface area (Å²) in [6.45, 7) is 0.843. The van der Waals surface area contributed by atoms with Crippen molar-refractivity contribution >= 4 is 17.4 Å². The van der Waals surface area contributed by atoms with Crippen molar-refractivity contribution in [3.8, 4) is 45.8 Å². The van der Waals surface area contributed by atoms with Gasteiger partial charge in [-0.25, -0.2) is 37.5 Å². The zero-order valence-corrected chi connectivity index (χ0v) is 30.4. The topological polar surface area (TPSA) is 172 Å². The van der Waals surface area contributed by atoms with Crippen molar-refractivity contribution < 1.29 is 31.7 Å². The van der Waals surface area contributed by atoms with Crippen LogP contribution < -0.4 is 5.32 Å². The summed E-state index contributed by atoms with van der Waals surface area (Å²) in [4.78, 5) is 16.1. The molecule has 6 heterocycles. The summed E-state index contributed by atoms with van der Waals surface area (Å²) < 4.78 is 68.6. The Balaban J connectivity index is 0.000000177. The quantitative estimate of drug-likeness (QED) is 0.0670. The number of hydrogen-bond acceptors (Lipinski definition) is 12. The highest BCUT2D eigenvalue weighted by atomic mass is 35.5. The minimum atomic E-state index is -0.724. The molecular formula is C38H30ClF4N11O3. The molecule has 0 saturated carbocycles. The maximum Gasteiger partial charge on any atom is 0.183 e. The van der Waals surface area contributed by atoms with Gasteiger partial charge in [0.05, 0.1) is 36.9 Å². The first-order valence-electron chi connectivity index (χ1n) is 17.3. The Hall–Kier alpha value is -6.79. The predicted molar refractivity (Wildman–Crippen MR) is 198 cm³/mol. The van der Waals surface area contributed by atoms with Crippen LogP contribution in [-0.4, -0.2) is 68.1 Å². The monoisotopic (exact) mass is 799 g/mol. The van der Waals surface area contributed by atoms with Crippen molar-refractivity contribution in [1.29, 1.82) is 0 Å². The Morgan fingerprint density at radius 2 is 1.16 bits per heavy atom. The molecule has 14 nitrogen and oxygen atoms in total. The SMILES string of the molecule is Fc1ccccc1Cn1nc(-c2ncc(F)c(Cl)n2)cc1-c1ccon1.OCCCCNc1nc(-c2cc(-c3ccon3)n(Cc3ccccc3F)n2)ncc1F. The van der Waals surface area contributed by atoms with Gasteiger partial charge >= 0.3 is 0 Å². The number of nitrogens with one attached hydrogen (secondary N) is 1. The Morgan fingerprint density at radius 1 is 0.632 bits per heavy atom. The van der Waals surface area contributed by atoms with Crippen LogP contribution in [0.2, 0.25) is 5.15 Å². The number of aromatic nitrogens is 10. The largest absolute Gasteiger partial charge is 0.396 e. The summed E-state index contributed by atoms with van der Waals surface area (Å²) in [6, 6.07) is 19.5. The van der Waals surface area contributed by atoms with Crippen molar-refractivity contribution in [2.24, 2.45) is 0 Å². The van der Waals surface area contributed by atoms with Crippen LogP contribution in [0, 0.1) is 23.3 Å². The number of anilines is 1. The second kappa shape index (κ2) is 17.8. The van der Waals surface area contributed by atoms with E-state index in [1.54, 1.807) is 70.0 Å². The Labute approximate surface area is 325 Å². The van der Waals surface area contributed by atoms with Gasteiger partial charge in [-0.1, -0.05) is 58.3 Å². The number of aliphatic hydroxyl groups is 1. The van der Waals surface area contributed by atoms with Crippen LogP contribution in [0.3, 0.4) is 0 Å². The summed E-state index contributed by atoms with van der Waals surface area (Å²) in [5.74, 6) is -1.60. The third kappa shape index (κ3) is 9.20. The predicted octanol–water partition coefficient (Wildman–Crippen LogP) is 7.48. The van der Waals surface area contributed by atoms with Gasteiger partial charge in [0.1, 0.15) is 46.9 Å². The molecule has 19 heteroatoms. The first kappa shape index (κ1) is 38.5. The van der Waals surface area contributed by atoms with Crippen LogP contribution >= 0.6 is 11.6 Å². The van der Waals surface area contributed by atoms with E-state index < -0.39 is 11.6 Å². The zero-order chi connectivity index (χ0) is 39.7. The lowest BCUT2D eigenvalue weighted by molar-refractivity contribution is 0.286. The van der Waals surface area contributed by atoms with E-state index in [0.717, 1.165) is 12.4 Å². The van der Waals surface area contributed by atoms with E-state index in [-0.39, 0.29) is 54.0 Å². The van der Waals surface area contributed by atoms with Crippen molar-refractivity contribution in [2.75, 3.05) is 18.5 Å². The van der Waals surface area contributed by atoms with Crippen molar-refractivity contribution in [3.63, 3.8) is 0 Å². The van der Waals surface area contributed by atoms with Gasteiger partial charge in [-0.3, -0.25) is 9.36 Å². The van der Waals surface area contributed by atoms with E-state index in [9.17, 15) is 17.6 Å². The molecule has 0 unspecified atom stereocenters. The summed E-state index contributed by atoms with van der Waals surface area (Å²) >= 11 is 5.72. The highest BCUT2D eigenvalue weighted by molar-refractivity contribution is 6.29. The molecule has 2 aromatic carbocycles. The van der Waals surface area contributed by atoms with E-state index >= 15 is 0 Å². The molecule has 57 heavy (non-hydrogen) atoms. The standard InChI is InChI=1S/C21H20F2N6O2.C17H10ClF2N5O/c22-15-6-2-1-5-14(15)13-29-19(17-7-10-31-28-17)11-18(27-29)21-25-12-16(23)20(26-21)24-8-3-4-9-30;18-16-12(20)8-21-17(22-16)14-7-15(13-5-6-26-24-13)25(23-14)9-10-3-1-2-4-11(10)19/h1-2,5-7,10-12,30H,3-4,8-9,13H2,(H,24,25,26);1-8H,9H2. The van der Waals surface area contributed by atoms with Crippen molar-refractivity contribution in [3.05, 3.63) is 137 Å². The number of rotatable bonds is 13. The molecule has 0 atom stereocenters. The average Bonchev–Trinajstić information content (AvgIpc) is 4.06. The lowest BCUT2D eigenvalue weighted by Crippen LogP contribution is -2.08. The van der Waals surface area contributed by atoms with Crippen LogP contribution in [0.1, 0.15) is 24.0 Å². The lowest BCUT2D eigenvalue weighted by atomic mass is 10.2. The fourth-order valence-corrected chi connectivity index (χ4v) is 5.63. The Bertz CT molecular complexity index is 2570. The van der Waals surface area contributed by atoms with E-state index in [1.807, 2.05) is 0 Å². The Kier molecular flexibility index (Phi) is 12.0. The van der Waals surface area contributed by atoms with Crippen LogP contribution in [0.25, 0.3) is 45.8 Å². The summed E-state index contributed by atoms with van der Waals surface area (Å²) in [5.41, 5.74) is 3.80. The highest BCUT2D eigenvalue weighted by Crippen LogP contribution is 2.27. The first-order valence-corrected chi connectivity index (χ1v) is 17.6. The molecule has 0 amide bonds. The van der Waals surface area contributed by atoms with Gasteiger partial charge in [-0.2, -0.15) is 10.2 Å². The van der Waals surface area contributed by atoms with Gasteiger partial charge in [-0.15, -0.1) is 0 Å². The molecule has 0 fully saturated rings. The molecular weight excluding hydrogens is 770 g/mol. The minimum absolute atomic E-state index is 0.0505. The maximum absolute atomic E-state index is 14.2. The number of unbranched alkanes of at least 4 members (excludes halogenated alkanes) is 1. The molecule has 6 aromatic heterocycles. The number of nitrogens with zero attached hydrogens (tertiary/aromatic N) is 10. The maximum atomic E-state index is 14.2. The number of hydrogen-bond donors (Lipinski definition) is 2. The van der Waals surface area contributed by atoms with Gasteiger partial charge < -0.3 is 19.5 Å². The fourth-order valence-electron chi connectivity index (χ4n) is 5.50. The van der Waals surface area contributed by atoms with Gasteiger partial charge in [0, 0.05) is 36.4 Å². The minimum Gasteiger partial charge on any atom is -0.396 e. The van der Waals surface area contributed by atoms with Crippen LogP contribution in [0.5, 0.6) is 0 Å². The second-order valence-corrected chi connectivity index (χ2v) is 12.5. The van der Waals surface area contributed by atoms with Gasteiger partial charge in [-0.05, 0) is 37.1 Å². The summed E-state index contributed by atoms with van der Waals surface area (Å²) in [6.07, 6.45) is 6.16. The summed E-state index contributed by atoms with van der Waals surface area (Å²) in [7, 11) is 0. The molecule has 0 aliphatic rings. The molecule has 2 N–H and O–H groups in total. The van der Waals surface area contributed by atoms with Crippen LogP contribution in [-0.2, 0) is 13.1 Å². The van der Waals surface area contributed by atoms with E-state index in [4.69, 9.17) is 25.8 Å². The van der Waals surface area contributed by atoms with Gasteiger partial charge in [0.15, 0.2) is 34.3 Å². The summed E-state index contributed by atoms with van der Waals surface area (Å²) in [5, 5.41) is 28.2. The molecule has 8 aromatic rings. The van der Waals surface area contributed by atoms with E-state index in [2.05, 4.69) is 45.8 Å². The normalized spacial score (nSPS) is 11.1. The Morgan fingerprint density at radius 3 is 1.65 bits per heavy atom. The second-order valence-electron chi connectivity index (χ2n) is 12.2. The molecule has 290 valence electrons. The zero-order valence-electron chi connectivity index (χ0n) is 29.6. The lowest BCUT2D eigenvalue weighted by Gasteiger charge is -2.07. The van der Waals surface area contributed by atoms with Crippen LogP contribution in [0.4, 0.5) is 23.4 Å². The van der Waals surface area contributed by atoms with E-state index in [0.29, 0.717) is 64.7 Å². The number of benzene rings is 2. The smallest absolute Gasteiger partial charge is 0.183 e. The molecule has 0 spiro atoms. The molecule has 0 radical (unpaired) electrons. The fraction of sp³-hybridized carbons (Fsp3) is 0.158. The highest BCUT2D eigenvalue weighted by Gasteiger charge is 2.20. The van der Waals surface area contributed by atoms with Crippen molar-refractivity contribution in [1.82, 2.24) is 49.8 Å². The number of halogens is 5. The first-order chi connectivity index (χ1) is 27.8. The molecule has 0 saturated heterocycles. The average molecular weight is 800 g/mol. The third-order valence-electron chi connectivity index (χ3n) is 8.30. The number of aliphatic hydroxyl groups excluding tert-OH is 1. The van der Waals surface area contributed by atoms with Gasteiger partial charge in [0.2, 0.25) is 0 Å². The molecule has 0 aliphatic heterocycles.